The summed E-state index contributed by atoms with van der Waals surface area (Å²) in [6.07, 6.45) is 4.00. The fraction of sp³-hybridized carbons (Fsp3) is 1.00. The second kappa shape index (κ2) is 8.02. The first-order valence-corrected chi connectivity index (χ1v) is 4.72. The Labute approximate surface area is 70.5 Å². The van der Waals surface area contributed by atoms with Crippen molar-refractivity contribution in [2.24, 2.45) is 11.7 Å². The maximum atomic E-state index is 5.35. The van der Waals surface area contributed by atoms with E-state index in [1.165, 1.54) is 19.3 Å². The molecule has 3 N–H and O–H groups in total. The molecule has 0 spiro atoms. The van der Waals surface area contributed by atoms with Crippen molar-refractivity contribution in [3.05, 3.63) is 0 Å². The second-order valence-electron chi connectivity index (χ2n) is 3.24. The summed E-state index contributed by atoms with van der Waals surface area (Å²) in [6.45, 7) is 7.35. The van der Waals surface area contributed by atoms with E-state index >= 15 is 0 Å². The Balaban J connectivity index is 3.02. The number of rotatable bonds is 7. The lowest BCUT2D eigenvalue weighted by atomic mass is 10.0. The van der Waals surface area contributed by atoms with Gasteiger partial charge in [0.15, 0.2) is 0 Å². The van der Waals surface area contributed by atoms with Crippen LogP contribution in [0, 0.1) is 5.92 Å². The molecule has 0 aliphatic heterocycles. The summed E-state index contributed by atoms with van der Waals surface area (Å²) < 4.78 is 0. The van der Waals surface area contributed by atoms with Crippen molar-refractivity contribution in [3.8, 4) is 0 Å². The Morgan fingerprint density at radius 2 is 2.18 bits per heavy atom. The van der Waals surface area contributed by atoms with Crippen molar-refractivity contribution in [1.29, 1.82) is 0 Å². The van der Waals surface area contributed by atoms with E-state index in [1.54, 1.807) is 0 Å². The highest BCUT2D eigenvalue weighted by Gasteiger charge is 1.98. The third-order valence-electron chi connectivity index (χ3n) is 1.86. The van der Waals surface area contributed by atoms with E-state index in [0.717, 1.165) is 25.6 Å². The van der Waals surface area contributed by atoms with Gasteiger partial charge in [0.05, 0.1) is 0 Å². The monoisotopic (exact) mass is 158 g/mol. The van der Waals surface area contributed by atoms with Gasteiger partial charge < -0.3 is 11.1 Å². The van der Waals surface area contributed by atoms with E-state index < -0.39 is 0 Å². The smallest absolute Gasteiger partial charge is 0.00746 e. The summed E-state index contributed by atoms with van der Waals surface area (Å²) in [4.78, 5) is 0. The lowest BCUT2D eigenvalue weighted by Crippen LogP contribution is -2.26. The van der Waals surface area contributed by atoms with Crippen molar-refractivity contribution in [2.45, 2.75) is 33.1 Å². The molecule has 0 radical (unpaired) electrons. The van der Waals surface area contributed by atoms with E-state index in [2.05, 4.69) is 19.2 Å². The lowest BCUT2D eigenvalue weighted by molar-refractivity contribution is 0.467. The summed E-state index contributed by atoms with van der Waals surface area (Å²) in [6, 6.07) is 0. The number of nitrogens with one attached hydrogen (secondary N) is 1. The van der Waals surface area contributed by atoms with E-state index in [1.807, 2.05) is 0 Å². The highest BCUT2D eigenvalue weighted by molar-refractivity contribution is 4.56. The van der Waals surface area contributed by atoms with Crippen LogP contribution >= 0.6 is 0 Å². The molecule has 68 valence electrons. The SMILES string of the molecule is CCCCC(C)CNCCN. The van der Waals surface area contributed by atoms with Gasteiger partial charge in [0.2, 0.25) is 0 Å². The topological polar surface area (TPSA) is 38.0 Å². The Bertz CT molecular complexity index is 74.0. The minimum Gasteiger partial charge on any atom is -0.329 e. The Hall–Kier alpha value is -0.0800. The van der Waals surface area contributed by atoms with Gasteiger partial charge in [-0.15, -0.1) is 0 Å². The fourth-order valence-corrected chi connectivity index (χ4v) is 1.11. The van der Waals surface area contributed by atoms with E-state index in [0.29, 0.717) is 0 Å². The molecule has 0 heterocycles. The van der Waals surface area contributed by atoms with Crippen LogP contribution in [0.3, 0.4) is 0 Å². The molecule has 0 amide bonds. The van der Waals surface area contributed by atoms with Crippen LogP contribution in [0.1, 0.15) is 33.1 Å². The van der Waals surface area contributed by atoms with Gasteiger partial charge in [0, 0.05) is 13.1 Å². The van der Waals surface area contributed by atoms with Gasteiger partial charge in [0.25, 0.3) is 0 Å². The highest BCUT2D eigenvalue weighted by Crippen LogP contribution is 2.05. The average Bonchev–Trinajstić information content (AvgIpc) is 2.01. The Kier molecular flexibility index (Phi) is 7.96. The standard InChI is InChI=1S/C9H22N2/c1-3-4-5-9(2)8-11-7-6-10/h9,11H,3-8,10H2,1-2H3. The third kappa shape index (κ3) is 7.82. The molecule has 0 aromatic rings. The molecule has 0 rings (SSSR count). The predicted molar refractivity (Wildman–Crippen MR) is 50.6 cm³/mol. The van der Waals surface area contributed by atoms with Crippen LogP contribution in [-0.4, -0.2) is 19.6 Å². The third-order valence-corrected chi connectivity index (χ3v) is 1.86. The molecule has 1 unspecified atom stereocenters. The van der Waals surface area contributed by atoms with E-state index in [-0.39, 0.29) is 0 Å². The molecule has 0 fully saturated rings. The zero-order valence-corrected chi connectivity index (χ0v) is 7.90. The normalized spacial score (nSPS) is 13.4. The van der Waals surface area contributed by atoms with Gasteiger partial charge in [0.1, 0.15) is 0 Å². The molecule has 0 bridgehead atoms. The van der Waals surface area contributed by atoms with Crippen LogP contribution in [0.2, 0.25) is 0 Å². The first-order chi connectivity index (χ1) is 5.31. The first-order valence-electron chi connectivity index (χ1n) is 4.72. The molecule has 0 aromatic heterocycles. The predicted octanol–water partition coefficient (Wildman–Crippen LogP) is 1.36. The number of hydrogen-bond donors (Lipinski definition) is 2. The quantitative estimate of drug-likeness (QED) is 0.549. The van der Waals surface area contributed by atoms with Crippen molar-refractivity contribution in [1.82, 2.24) is 5.32 Å². The molecule has 0 saturated heterocycles. The molecule has 0 aliphatic carbocycles. The Morgan fingerprint density at radius 1 is 1.45 bits per heavy atom. The van der Waals surface area contributed by atoms with E-state index in [9.17, 15) is 0 Å². The van der Waals surface area contributed by atoms with Crippen molar-refractivity contribution in [2.75, 3.05) is 19.6 Å². The second-order valence-corrected chi connectivity index (χ2v) is 3.24. The molecular weight excluding hydrogens is 136 g/mol. The largest absolute Gasteiger partial charge is 0.329 e. The van der Waals surface area contributed by atoms with Crippen molar-refractivity contribution in [3.63, 3.8) is 0 Å². The maximum Gasteiger partial charge on any atom is 0.00746 e. The highest BCUT2D eigenvalue weighted by atomic mass is 14.9. The van der Waals surface area contributed by atoms with Crippen molar-refractivity contribution >= 4 is 0 Å². The minimum atomic E-state index is 0.750. The summed E-state index contributed by atoms with van der Waals surface area (Å²) in [5.41, 5.74) is 5.35. The molecule has 2 nitrogen and oxygen atoms in total. The van der Waals surface area contributed by atoms with Gasteiger partial charge in [-0.2, -0.15) is 0 Å². The van der Waals surface area contributed by atoms with Gasteiger partial charge in [-0.05, 0) is 18.9 Å². The van der Waals surface area contributed by atoms with Gasteiger partial charge in [-0.1, -0.05) is 26.7 Å². The zero-order valence-electron chi connectivity index (χ0n) is 7.90. The summed E-state index contributed by atoms with van der Waals surface area (Å²) >= 11 is 0. The molecule has 0 aliphatic rings. The zero-order chi connectivity index (χ0) is 8.53. The van der Waals surface area contributed by atoms with Crippen LogP contribution < -0.4 is 11.1 Å². The van der Waals surface area contributed by atoms with Gasteiger partial charge in [-0.3, -0.25) is 0 Å². The minimum absolute atomic E-state index is 0.750. The summed E-state index contributed by atoms with van der Waals surface area (Å²) in [7, 11) is 0. The van der Waals surface area contributed by atoms with Crippen molar-refractivity contribution < 1.29 is 0 Å². The van der Waals surface area contributed by atoms with Crippen LogP contribution in [0.25, 0.3) is 0 Å². The number of nitrogens with two attached hydrogens (primary N) is 1. The average molecular weight is 158 g/mol. The summed E-state index contributed by atoms with van der Waals surface area (Å²) in [5, 5.41) is 3.32. The summed E-state index contributed by atoms with van der Waals surface area (Å²) in [5.74, 6) is 0.807. The lowest BCUT2D eigenvalue weighted by Gasteiger charge is -2.10. The molecule has 1 atom stereocenters. The first kappa shape index (κ1) is 10.9. The molecule has 0 saturated carbocycles. The molecule has 0 aromatic carbocycles. The van der Waals surface area contributed by atoms with Gasteiger partial charge >= 0.3 is 0 Å². The van der Waals surface area contributed by atoms with Crippen LogP contribution in [-0.2, 0) is 0 Å². The molecule has 11 heavy (non-hydrogen) atoms. The van der Waals surface area contributed by atoms with Crippen LogP contribution in [0.15, 0.2) is 0 Å². The number of unbranched alkanes of at least 4 members (excludes halogenated alkanes) is 1. The Morgan fingerprint density at radius 3 is 2.73 bits per heavy atom. The van der Waals surface area contributed by atoms with Crippen LogP contribution in [0.5, 0.6) is 0 Å². The van der Waals surface area contributed by atoms with Crippen LogP contribution in [0.4, 0.5) is 0 Å². The molecular formula is C9H22N2. The van der Waals surface area contributed by atoms with E-state index in [4.69, 9.17) is 5.73 Å². The number of hydrogen-bond acceptors (Lipinski definition) is 2. The fourth-order valence-electron chi connectivity index (χ4n) is 1.11. The molecule has 2 heteroatoms. The van der Waals surface area contributed by atoms with Gasteiger partial charge in [-0.25, -0.2) is 0 Å². The maximum absolute atomic E-state index is 5.35.